The molecule has 0 heteroatoms. The minimum atomic E-state index is 1.20. The molecule has 0 aliphatic carbocycles. The van der Waals surface area contributed by atoms with Gasteiger partial charge in [-0.1, -0.05) is 218 Å². The zero-order valence-electron chi connectivity index (χ0n) is 37.2. The van der Waals surface area contributed by atoms with Crippen molar-refractivity contribution in [2.24, 2.45) is 0 Å². The van der Waals surface area contributed by atoms with Gasteiger partial charge in [-0.15, -0.1) is 0 Å². The molecule has 314 valence electrons. The summed E-state index contributed by atoms with van der Waals surface area (Å²) in [5, 5.41) is 20.0. The summed E-state index contributed by atoms with van der Waals surface area (Å²) >= 11 is 0. The third-order valence-corrected chi connectivity index (χ3v) is 14.5. The average Bonchev–Trinajstić information content (AvgIpc) is 3.40. The van der Waals surface area contributed by atoms with Gasteiger partial charge in [0, 0.05) is 0 Å². The first-order chi connectivity index (χ1) is 33.7. The van der Waals surface area contributed by atoms with Crippen LogP contribution in [0.4, 0.5) is 0 Å². The van der Waals surface area contributed by atoms with Crippen molar-refractivity contribution in [1.82, 2.24) is 0 Å². The van der Waals surface area contributed by atoms with Crippen LogP contribution in [0.5, 0.6) is 0 Å². The van der Waals surface area contributed by atoms with Crippen molar-refractivity contribution in [2.45, 2.75) is 0 Å². The second-order valence-electron chi connectivity index (χ2n) is 18.4. The Hall–Kier alpha value is -8.84. The minimum absolute atomic E-state index is 1.20. The fourth-order valence-corrected chi connectivity index (χ4v) is 11.3. The quantitative estimate of drug-likeness (QED) is 0.151. The van der Waals surface area contributed by atoms with Gasteiger partial charge in [-0.3, -0.25) is 0 Å². The fourth-order valence-electron chi connectivity index (χ4n) is 11.3. The third kappa shape index (κ3) is 6.15. The summed E-state index contributed by atoms with van der Waals surface area (Å²) in [6, 6.07) is 94.9. The van der Waals surface area contributed by atoms with Crippen LogP contribution in [-0.2, 0) is 0 Å². The second-order valence-corrected chi connectivity index (χ2v) is 18.4. The lowest BCUT2D eigenvalue weighted by molar-refractivity contribution is 1.65. The summed E-state index contributed by atoms with van der Waals surface area (Å²) in [5.74, 6) is 0. The third-order valence-electron chi connectivity index (χ3n) is 14.5. The monoisotopic (exact) mass is 858 g/mol. The number of fused-ring (bicyclic) bond motifs is 8. The van der Waals surface area contributed by atoms with Crippen LogP contribution >= 0.6 is 0 Å². The van der Waals surface area contributed by atoms with Gasteiger partial charge in [-0.25, -0.2) is 0 Å². The molecular formula is C68H42. The number of benzene rings is 14. The highest BCUT2D eigenvalue weighted by atomic mass is 14.2. The highest BCUT2D eigenvalue weighted by Gasteiger charge is 2.20. The van der Waals surface area contributed by atoms with Gasteiger partial charge in [0.25, 0.3) is 0 Å². The summed E-state index contributed by atoms with van der Waals surface area (Å²) in [6.45, 7) is 0. The first-order valence-electron chi connectivity index (χ1n) is 23.6. The summed E-state index contributed by atoms with van der Waals surface area (Å²) < 4.78 is 0. The summed E-state index contributed by atoms with van der Waals surface area (Å²) in [6.07, 6.45) is 0. The van der Waals surface area contributed by atoms with Crippen molar-refractivity contribution in [3.63, 3.8) is 0 Å². The smallest absolute Gasteiger partial charge is 0.00259 e. The molecule has 0 N–H and O–H groups in total. The van der Waals surface area contributed by atoms with E-state index in [4.69, 9.17) is 0 Å². The maximum atomic E-state index is 2.45. The molecule has 0 amide bonds. The lowest BCUT2D eigenvalue weighted by atomic mass is 9.84. The van der Waals surface area contributed by atoms with Crippen molar-refractivity contribution in [3.05, 3.63) is 255 Å². The summed E-state index contributed by atoms with van der Waals surface area (Å²) in [7, 11) is 0. The van der Waals surface area contributed by atoms with Crippen molar-refractivity contribution < 1.29 is 0 Å². The van der Waals surface area contributed by atoms with Gasteiger partial charge in [0.1, 0.15) is 0 Å². The molecule has 0 atom stereocenters. The van der Waals surface area contributed by atoms with Gasteiger partial charge in [0.2, 0.25) is 0 Å². The van der Waals surface area contributed by atoms with Crippen LogP contribution in [0.2, 0.25) is 0 Å². The van der Waals surface area contributed by atoms with Gasteiger partial charge in [0.15, 0.2) is 0 Å². The fraction of sp³-hybridized carbons (Fsp3) is 0. The molecule has 14 rings (SSSR count). The number of rotatable bonds is 5. The molecule has 0 spiro atoms. The highest BCUT2D eigenvalue weighted by molar-refractivity contribution is 6.24. The molecule has 0 heterocycles. The molecule has 0 nitrogen and oxygen atoms in total. The zero-order chi connectivity index (χ0) is 44.7. The summed E-state index contributed by atoms with van der Waals surface area (Å²) in [5.41, 5.74) is 12.4. The van der Waals surface area contributed by atoms with Crippen LogP contribution in [0.15, 0.2) is 255 Å². The van der Waals surface area contributed by atoms with E-state index in [1.54, 1.807) is 0 Å². The van der Waals surface area contributed by atoms with Crippen LogP contribution in [0.25, 0.3) is 142 Å². The average molecular weight is 859 g/mol. The first-order valence-corrected chi connectivity index (χ1v) is 23.6. The molecule has 14 aromatic carbocycles. The predicted octanol–water partition coefficient (Wildman–Crippen LogP) is 19.2. The van der Waals surface area contributed by atoms with E-state index in [-0.39, 0.29) is 0 Å². The van der Waals surface area contributed by atoms with Crippen molar-refractivity contribution in [1.29, 1.82) is 0 Å². The van der Waals surface area contributed by atoms with E-state index in [9.17, 15) is 0 Å². The van der Waals surface area contributed by atoms with Gasteiger partial charge in [-0.05, 0) is 178 Å². The number of hydrogen-bond acceptors (Lipinski definition) is 0. The highest BCUT2D eigenvalue weighted by Crippen LogP contribution is 2.47. The lowest BCUT2D eigenvalue weighted by Crippen LogP contribution is -1.92. The molecular weight excluding hydrogens is 817 g/mol. The molecule has 14 aromatic rings. The van der Waals surface area contributed by atoms with E-state index in [0.717, 1.165) is 0 Å². The minimum Gasteiger partial charge on any atom is -0.0616 e. The molecule has 0 aromatic heterocycles. The zero-order valence-corrected chi connectivity index (χ0v) is 37.2. The Morgan fingerprint density at radius 1 is 0.132 bits per heavy atom. The van der Waals surface area contributed by atoms with E-state index < -0.39 is 0 Å². The van der Waals surface area contributed by atoms with E-state index in [1.807, 2.05) is 0 Å². The van der Waals surface area contributed by atoms with Crippen molar-refractivity contribution in [3.8, 4) is 55.6 Å². The van der Waals surface area contributed by atoms with Gasteiger partial charge in [0.05, 0.1) is 0 Å². The molecule has 0 fully saturated rings. The molecule has 0 aliphatic rings. The van der Waals surface area contributed by atoms with Crippen molar-refractivity contribution in [2.75, 3.05) is 0 Å². The maximum absolute atomic E-state index is 2.45. The molecule has 0 bridgehead atoms. The lowest BCUT2D eigenvalue weighted by Gasteiger charge is -2.19. The Kier molecular flexibility index (Phi) is 8.69. The molecule has 0 unspecified atom stereocenters. The van der Waals surface area contributed by atoms with Crippen LogP contribution in [0.3, 0.4) is 0 Å². The Morgan fingerprint density at radius 2 is 0.353 bits per heavy atom. The maximum Gasteiger partial charge on any atom is -0.00259 e. The second kappa shape index (κ2) is 15.4. The predicted molar refractivity (Wildman–Crippen MR) is 294 cm³/mol. The van der Waals surface area contributed by atoms with Crippen LogP contribution < -0.4 is 0 Å². The molecule has 0 aliphatic heterocycles. The van der Waals surface area contributed by atoms with E-state index >= 15 is 0 Å². The molecule has 0 saturated heterocycles. The normalized spacial score (nSPS) is 11.8. The molecule has 68 heavy (non-hydrogen) atoms. The largest absolute Gasteiger partial charge is 0.0616 e. The Labute approximate surface area is 394 Å². The Bertz CT molecular complexity index is 4320. The van der Waals surface area contributed by atoms with E-state index in [0.29, 0.717) is 0 Å². The van der Waals surface area contributed by atoms with Gasteiger partial charge >= 0.3 is 0 Å². The number of hydrogen-bond donors (Lipinski definition) is 0. The topological polar surface area (TPSA) is 0 Å². The van der Waals surface area contributed by atoms with Gasteiger partial charge in [-0.2, -0.15) is 0 Å². The standard InChI is InChI=1S/C68H42/c1-4-16-46-38-53(31-25-43(46)13-1)65-57-19-7-9-21-59(57)66(60-22-10-8-20-58(60)65)55-34-30-49-37-50(28-29-51(49)41-55)52-35-36-63-64(42-52)68(56-33-27-45-15-3-6-18-48(45)40-56)62-24-12-11-23-61(62)67(63)54-32-26-44-14-2-5-17-47(44)39-54/h1-42H. The SMILES string of the molecule is c1ccc2cc(-c3c4ccccc4c(-c4ccc5cc(-c6ccc7c(-c8ccc9ccccc9c8)c8ccccc8c(-c8ccc9ccccc9c8)c7c6)ccc5c4)c4ccccc34)ccc2c1. The van der Waals surface area contributed by atoms with Crippen LogP contribution in [0, 0.1) is 0 Å². The molecule has 0 saturated carbocycles. The van der Waals surface area contributed by atoms with Gasteiger partial charge < -0.3 is 0 Å². The van der Waals surface area contributed by atoms with E-state index in [1.165, 1.54) is 142 Å². The van der Waals surface area contributed by atoms with Crippen LogP contribution in [-0.4, -0.2) is 0 Å². The van der Waals surface area contributed by atoms with E-state index in [2.05, 4.69) is 255 Å². The Balaban J connectivity index is 0.940. The first kappa shape index (κ1) is 38.4. The van der Waals surface area contributed by atoms with Crippen molar-refractivity contribution >= 4 is 86.2 Å². The molecule has 0 radical (unpaired) electrons. The Morgan fingerprint density at radius 3 is 0.721 bits per heavy atom. The summed E-state index contributed by atoms with van der Waals surface area (Å²) in [4.78, 5) is 0. The van der Waals surface area contributed by atoms with Crippen LogP contribution in [0.1, 0.15) is 0 Å².